The third-order valence-electron chi connectivity index (χ3n) is 5.16. The lowest BCUT2D eigenvalue weighted by Crippen LogP contribution is -2.40. The van der Waals surface area contributed by atoms with Gasteiger partial charge in [-0.15, -0.1) is 0 Å². The number of rotatable bonds is 6. The Kier molecular flexibility index (Phi) is 6.12. The number of hydrogen-bond acceptors (Lipinski definition) is 3. The van der Waals surface area contributed by atoms with Crippen molar-refractivity contribution in [3.05, 3.63) is 54.1 Å². The van der Waals surface area contributed by atoms with Crippen molar-refractivity contribution in [2.45, 2.75) is 25.7 Å². The van der Waals surface area contributed by atoms with Gasteiger partial charge in [0.25, 0.3) is 5.91 Å². The van der Waals surface area contributed by atoms with Crippen molar-refractivity contribution in [3.63, 3.8) is 0 Å². The molecule has 1 unspecified atom stereocenters. The Bertz CT molecular complexity index is 801. The Morgan fingerprint density at radius 1 is 1.15 bits per heavy atom. The number of benzene rings is 2. The maximum absolute atomic E-state index is 12.9. The van der Waals surface area contributed by atoms with Gasteiger partial charge in [0.2, 0.25) is 5.91 Å². The monoisotopic (exact) mass is 366 g/mol. The fourth-order valence-corrected chi connectivity index (χ4v) is 3.69. The minimum absolute atomic E-state index is 0.0466. The van der Waals surface area contributed by atoms with E-state index in [0.29, 0.717) is 24.4 Å². The summed E-state index contributed by atoms with van der Waals surface area (Å²) < 4.78 is 5.42. The number of amides is 2. The van der Waals surface area contributed by atoms with Crippen molar-refractivity contribution in [3.8, 4) is 16.9 Å². The van der Waals surface area contributed by atoms with Gasteiger partial charge in [-0.05, 0) is 48.9 Å². The smallest absolute Gasteiger partial charge is 0.253 e. The van der Waals surface area contributed by atoms with Gasteiger partial charge in [-0.3, -0.25) is 9.59 Å². The fourth-order valence-electron chi connectivity index (χ4n) is 3.69. The van der Waals surface area contributed by atoms with E-state index in [1.807, 2.05) is 53.4 Å². The van der Waals surface area contributed by atoms with Crippen molar-refractivity contribution in [1.29, 1.82) is 0 Å². The average Bonchev–Trinajstić information content (AvgIpc) is 2.72. The van der Waals surface area contributed by atoms with Crippen molar-refractivity contribution in [2.75, 3.05) is 20.2 Å². The number of carbonyl (C=O) groups is 2. The third-order valence-corrected chi connectivity index (χ3v) is 5.16. The molecule has 0 aliphatic carbocycles. The van der Waals surface area contributed by atoms with E-state index >= 15 is 0 Å². The number of hydrogen-bond donors (Lipinski definition) is 1. The summed E-state index contributed by atoms with van der Waals surface area (Å²) >= 11 is 0. The number of carbonyl (C=O) groups excluding carboxylic acids is 2. The lowest BCUT2D eigenvalue weighted by atomic mass is 9.92. The van der Waals surface area contributed by atoms with Crippen molar-refractivity contribution in [1.82, 2.24) is 4.90 Å². The minimum Gasteiger partial charge on any atom is -0.496 e. The van der Waals surface area contributed by atoms with Crippen LogP contribution in [0.3, 0.4) is 0 Å². The predicted molar refractivity (Wildman–Crippen MR) is 105 cm³/mol. The second-order valence-corrected chi connectivity index (χ2v) is 7.04. The highest BCUT2D eigenvalue weighted by Crippen LogP contribution is 2.30. The van der Waals surface area contributed by atoms with E-state index in [-0.39, 0.29) is 11.8 Å². The summed E-state index contributed by atoms with van der Waals surface area (Å²) in [5, 5.41) is 0. The maximum Gasteiger partial charge on any atom is 0.253 e. The normalized spacial score (nSPS) is 16.8. The molecular formula is C22H26N2O3. The molecule has 142 valence electrons. The molecule has 0 radical (unpaired) electrons. The number of piperidine rings is 1. The lowest BCUT2D eigenvalue weighted by molar-refractivity contribution is -0.118. The van der Waals surface area contributed by atoms with Gasteiger partial charge in [0.05, 0.1) is 7.11 Å². The molecule has 1 fully saturated rings. The number of likely N-dealkylation sites (tertiary alicyclic amines) is 1. The first-order valence-corrected chi connectivity index (χ1v) is 9.39. The molecule has 1 aliphatic rings. The molecule has 5 nitrogen and oxygen atoms in total. The van der Waals surface area contributed by atoms with Crippen LogP contribution in [0, 0.1) is 5.92 Å². The first kappa shape index (κ1) is 19.0. The van der Waals surface area contributed by atoms with E-state index in [9.17, 15) is 9.59 Å². The standard InChI is InChI=1S/C22H26N2O3/c1-27-20-7-3-2-6-19(20)17-9-11-18(12-10-17)22(26)24-14-4-5-16(15-24)8-13-21(23)25/h2-3,6-7,9-12,16H,4-5,8,13-15H2,1H3,(H2,23,25). The Morgan fingerprint density at radius 3 is 2.59 bits per heavy atom. The van der Waals surface area contributed by atoms with Crippen molar-refractivity contribution in [2.24, 2.45) is 11.7 Å². The minimum atomic E-state index is -0.273. The quantitative estimate of drug-likeness (QED) is 0.851. The summed E-state index contributed by atoms with van der Waals surface area (Å²) in [5.41, 5.74) is 7.95. The average molecular weight is 366 g/mol. The molecule has 1 heterocycles. The highest BCUT2D eigenvalue weighted by atomic mass is 16.5. The summed E-state index contributed by atoms with van der Waals surface area (Å²) in [6.45, 7) is 1.46. The summed E-state index contributed by atoms with van der Waals surface area (Å²) in [6.07, 6.45) is 3.16. The predicted octanol–water partition coefficient (Wildman–Crippen LogP) is 3.48. The zero-order valence-electron chi connectivity index (χ0n) is 15.7. The molecule has 0 aromatic heterocycles. The zero-order chi connectivity index (χ0) is 19.2. The first-order chi connectivity index (χ1) is 13.1. The maximum atomic E-state index is 12.9. The molecular weight excluding hydrogens is 340 g/mol. The van der Waals surface area contributed by atoms with Gasteiger partial charge < -0.3 is 15.4 Å². The van der Waals surface area contributed by atoms with E-state index < -0.39 is 0 Å². The van der Waals surface area contributed by atoms with Crippen LogP contribution in [-0.2, 0) is 4.79 Å². The van der Waals surface area contributed by atoms with E-state index in [4.69, 9.17) is 10.5 Å². The molecule has 27 heavy (non-hydrogen) atoms. The zero-order valence-corrected chi connectivity index (χ0v) is 15.7. The second-order valence-electron chi connectivity index (χ2n) is 7.04. The topological polar surface area (TPSA) is 72.6 Å². The van der Waals surface area contributed by atoms with Crippen LogP contribution in [0.1, 0.15) is 36.0 Å². The Hall–Kier alpha value is -2.82. The molecule has 2 N–H and O–H groups in total. The number of para-hydroxylation sites is 1. The van der Waals surface area contributed by atoms with Crippen LogP contribution in [0.15, 0.2) is 48.5 Å². The van der Waals surface area contributed by atoms with Crippen LogP contribution in [0.5, 0.6) is 5.75 Å². The van der Waals surface area contributed by atoms with Gasteiger partial charge in [0.15, 0.2) is 0 Å². The summed E-state index contributed by atoms with van der Waals surface area (Å²) in [7, 11) is 1.65. The molecule has 0 bridgehead atoms. The van der Waals surface area contributed by atoms with Crippen molar-refractivity contribution >= 4 is 11.8 Å². The van der Waals surface area contributed by atoms with Gasteiger partial charge >= 0.3 is 0 Å². The van der Waals surface area contributed by atoms with Crippen molar-refractivity contribution < 1.29 is 14.3 Å². The van der Waals surface area contributed by atoms with Crippen LogP contribution in [0.25, 0.3) is 11.1 Å². The van der Waals surface area contributed by atoms with Crippen LogP contribution in [0.4, 0.5) is 0 Å². The molecule has 1 atom stereocenters. The molecule has 2 amide bonds. The van der Waals surface area contributed by atoms with Gasteiger partial charge in [0.1, 0.15) is 5.75 Å². The number of ether oxygens (including phenoxy) is 1. The van der Waals surface area contributed by atoms with Gasteiger partial charge in [-0.2, -0.15) is 0 Å². The molecule has 1 aliphatic heterocycles. The van der Waals surface area contributed by atoms with Crippen LogP contribution < -0.4 is 10.5 Å². The Morgan fingerprint density at radius 2 is 1.89 bits per heavy atom. The molecule has 3 rings (SSSR count). The highest BCUT2D eigenvalue weighted by Gasteiger charge is 2.24. The molecule has 1 saturated heterocycles. The number of primary amides is 1. The molecule has 2 aromatic carbocycles. The largest absolute Gasteiger partial charge is 0.496 e. The lowest BCUT2D eigenvalue weighted by Gasteiger charge is -2.32. The molecule has 0 saturated carbocycles. The van der Waals surface area contributed by atoms with Crippen LogP contribution in [0.2, 0.25) is 0 Å². The summed E-state index contributed by atoms with van der Waals surface area (Å²) in [6, 6.07) is 15.5. The number of nitrogens with zero attached hydrogens (tertiary/aromatic N) is 1. The third kappa shape index (κ3) is 4.67. The van der Waals surface area contributed by atoms with Gasteiger partial charge in [-0.1, -0.05) is 30.3 Å². The fraction of sp³-hybridized carbons (Fsp3) is 0.364. The number of methoxy groups -OCH3 is 1. The van der Waals surface area contributed by atoms with E-state index in [2.05, 4.69) is 0 Å². The summed E-state index contributed by atoms with van der Waals surface area (Å²) in [5.74, 6) is 0.934. The summed E-state index contributed by atoms with van der Waals surface area (Å²) in [4.78, 5) is 25.8. The molecule has 0 spiro atoms. The van der Waals surface area contributed by atoms with Gasteiger partial charge in [-0.25, -0.2) is 0 Å². The number of nitrogens with two attached hydrogens (primary N) is 1. The highest BCUT2D eigenvalue weighted by molar-refractivity contribution is 5.95. The Balaban J connectivity index is 1.69. The second kappa shape index (κ2) is 8.71. The van der Waals surface area contributed by atoms with Gasteiger partial charge in [0, 0.05) is 30.6 Å². The first-order valence-electron chi connectivity index (χ1n) is 9.39. The molecule has 5 heteroatoms. The van der Waals surface area contributed by atoms with Crippen LogP contribution >= 0.6 is 0 Å². The van der Waals surface area contributed by atoms with E-state index in [0.717, 1.165) is 42.7 Å². The Labute approximate surface area is 160 Å². The van der Waals surface area contributed by atoms with E-state index in [1.165, 1.54) is 0 Å². The van der Waals surface area contributed by atoms with Crippen LogP contribution in [-0.4, -0.2) is 36.9 Å². The molecule has 2 aromatic rings. The van der Waals surface area contributed by atoms with E-state index in [1.54, 1.807) is 7.11 Å². The SMILES string of the molecule is COc1ccccc1-c1ccc(C(=O)N2CCCC(CCC(N)=O)C2)cc1.